The normalized spacial score (nSPS) is 20.5. The Kier molecular flexibility index (Phi) is 3.49. The molecule has 2 rings (SSSR count). The minimum atomic E-state index is -0.884. The lowest BCUT2D eigenvalue weighted by Gasteiger charge is -2.25. The number of ether oxygens (including phenoxy) is 1. The van der Waals surface area contributed by atoms with E-state index in [9.17, 15) is 4.79 Å². The molecule has 1 aliphatic heterocycles. The van der Waals surface area contributed by atoms with Crippen LogP contribution in [0, 0.1) is 13.8 Å². The lowest BCUT2D eigenvalue weighted by Crippen LogP contribution is -2.41. The van der Waals surface area contributed by atoms with Crippen LogP contribution in [0.25, 0.3) is 0 Å². The minimum Gasteiger partial charge on any atom is -0.477 e. The Hall–Kier alpha value is -1.33. The number of hydrogen-bond acceptors (Lipinski definition) is 3. The second-order valence-corrected chi connectivity index (χ2v) is 4.41. The highest BCUT2D eigenvalue weighted by Gasteiger charge is 2.20. The lowest BCUT2D eigenvalue weighted by molar-refractivity contribution is 0.0172. The molecule has 17 heavy (non-hydrogen) atoms. The second kappa shape index (κ2) is 4.89. The molecule has 0 aromatic carbocycles. The fourth-order valence-corrected chi connectivity index (χ4v) is 2.13. The Bertz CT molecular complexity index is 420. The van der Waals surface area contributed by atoms with Crippen molar-refractivity contribution in [3.63, 3.8) is 0 Å². The van der Waals surface area contributed by atoms with E-state index < -0.39 is 5.97 Å². The monoisotopic (exact) mass is 238 g/mol. The molecule has 2 N–H and O–H groups in total. The molecule has 5 nitrogen and oxygen atoms in total. The second-order valence-electron chi connectivity index (χ2n) is 4.41. The standard InChI is InChI=1S/C12H18N2O3/c1-8-5-11(12(15)16)14(9(8)2)7-10-6-13-3-4-17-10/h5,10,13H,3-4,6-7H2,1-2H3,(H,15,16)/t10-/m0/s1. The average molecular weight is 238 g/mol. The highest BCUT2D eigenvalue weighted by atomic mass is 16.5. The van der Waals surface area contributed by atoms with Crippen LogP contribution in [0.4, 0.5) is 0 Å². The van der Waals surface area contributed by atoms with Gasteiger partial charge in [0.25, 0.3) is 0 Å². The number of aromatic nitrogens is 1. The first kappa shape index (κ1) is 12.1. The molecular formula is C12H18N2O3. The van der Waals surface area contributed by atoms with E-state index in [1.807, 2.05) is 18.4 Å². The van der Waals surface area contributed by atoms with Crippen LogP contribution in [0.1, 0.15) is 21.7 Å². The van der Waals surface area contributed by atoms with Gasteiger partial charge < -0.3 is 19.7 Å². The van der Waals surface area contributed by atoms with Gasteiger partial charge in [0.2, 0.25) is 0 Å². The van der Waals surface area contributed by atoms with E-state index in [2.05, 4.69) is 5.32 Å². The molecule has 0 saturated carbocycles. The van der Waals surface area contributed by atoms with E-state index >= 15 is 0 Å². The first-order chi connectivity index (χ1) is 8.09. The molecule has 0 unspecified atom stereocenters. The topological polar surface area (TPSA) is 63.5 Å². The van der Waals surface area contributed by atoms with Crippen molar-refractivity contribution in [2.45, 2.75) is 26.5 Å². The zero-order valence-electron chi connectivity index (χ0n) is 10.2. The van der Waals surface area contributed by atoms with Gasteiger partial charge in [-0.15, -0.1) is 0 Å². The Morgan fingerprint density at radius 3 is 3.00 bits per heavy atom. The number of carboxylic acid groups (broad SMARTS) is 1. The van der Waals surface area contributed by atoms with Crippen molar-refractivity contribution < 1.29 is 14.6 Å². The molecule has 1 aliphatic rings. The molecule has 1 aromatic heterocycles. The highest BCUT2D eigenvalue weighted by molar-refractivity contribution is 5.86. The van der Waals surface area contributed by atoms with E-state index in [1.54, 1.807) is 6.07 Å². The molecule has 0 radical (unpaired) electrons. The summed E-state index contributed by atoms with van der Waals surface area (Å²) >= 11 is 0. The van der Waals surface area contributed by atoms with Crippen molar-refractivity contribution in [3.8, 4) is 0 Å². The minimum absolute atomic E-state index is 0.0485. The Morgan fingerprint density at radius 1 is 1.65 bits per heavy atom. The molecular weight excluding hydrogens is 220 g/mol. The van der Waals surface area contributed by atoms with E-state index in [-0.39, 0.29) is 6.10 Å². The van der Waals surface area contributed by atoms with Gasteiger partial charge in [-0.25, -0.2) is 4.79 Å². The SMILES string of the molecule is Cc1cc(C(=O)O)n(C[C@@H]2CNCCO2)c1C. The smallest absolute Gasteiger partial charge is 0.352 e. The average Bonchev–Trinajstić information content (AvgIpc) is 2.59. The molecule has 2 heterocycles. The third-order valence-electron chi connectivity index (χ3n) is 3.23. The van der Waals surface area contributed by atoms with Crippen molar-refractivity contribution >= 4 is 5.97 Å². The molecule has 1 aromatic rings. The molecule has 94 valence electrons. The number of nitrogens with zero attached hydrogens (tertiary/aromatic N) is 1. The van der Waals surface area contributed by atoms with Gasteiger partial charge in [-0.1, -0.05) is 0 Å². The summed E-state index contributed by atoms with van der Waals surface area (Å²) in [6.45, 7) is 6.79. The number of nitrogens with one attached hydrogen (secondary N) is 1. The maximum atomic E-state index is 11.2. The van der Waals surface area contributed by atoms with Gasteiger partial charge in [-0.05, 0) is 25.5 Å². The van der Waals surface area contributed by atoms with Crippen LogP contribution < -0.4 is 5.32 Å². The van der Waals surface area contributed by atoms with Gasteiger partial charge in [-0.2, -0.15) is 0 Å². The fraction of sp³-hybridized carbons (Fsp3) is 0.583. The van der Waals surface area contributed by atoms with Crippen molar-refractivity contribution in [1.82, 2.24) is 9.88 Å². The van der Waals surface area contributed by atoms with Crippen LogP contribution in [0.5, 0.6) is 0 Å². The van der Waals surface area contributed by atoms with Gasteiger partial charge in [0.05, 0.1) is 19.3 Å². The number of carboxylic acids is 1. The first-order valence-corrected chi connectivity index (χ1v) is 5.82. The summed E-state index contributed by atoms with van der Waals surface area (Å²) in [7, 11) is 0. The largest absolute Gasteiger partial charge is 0.477 e. The summed E-state index contributed by atoms with van der Waals surface area (Å²) in [5.41, 5.74) is 2.34. The Morgan fingerprint density at radius 2 is 2.41 bits per heavy atom. The van der Waals surface area contributed by atoms with Crippen LogP contribution in [0.3, 0.4) is 0 Å². The molecule has 1 saturated heterocycles. The summed E-state index contributed by atoms with van der Waals surface area (Å²) in [4.78, 5) is 11.2. The predicted molar refractivity (Wildman–Crippen MR) is 63.5 cm³/mol. The summed E-state index contributed by atoms with van der Waals surface area (Å²) in [5, 5.41) is 12.4. The van der Waals surface area contributed by atoms with Crippen LogP contribution in [-0.2, 0) is 11.3 Å². The number of carbonyl (C=O) groups is 1. The predicted octanol–water partition coefficient (Wildman–Crippen LogP) is 0.792. The summed E-state index contributed by atoms with van der Waals surface area (Å²) in [5.74, 6) is -0.884. The zero-order chi connectivity index (χ0) is 12.4. The quantitative estimate of drug-likeness (QED) is 0.817. The van der Waals surface area contributed by atoms with E-state index in [0.717, 1.165) is 24.3 Å². The summed E-state index contributed by atoms with van der Waals surface area (Å²) < 4.78 is 7.43. The van der Waals surface area contributed by atoms with E-state index in [0.29, 0.717) is 18.8 Å². The van der Waals surface area contributed by atoms with Gasteiger partial charge in [-0.3, -0.25) is 0 Å². The van der Waals surface area contributed by atoms with Crippen molar-refractivity contribution in [2.75, 3.05) is 19.7 Å². The number of rotatable bonds is 3. The van der Waals surface area contributed by atoms with E-state index in [1.165, 1.54) is 0 Å². The summed E-state index contributed by atoms with van der Waals surface area (Å²) in [6, 6.07) is 1.72. The number of morpholine rings is 1. The Labute approximate surface area is 100 Å². The Balaban J connectivity index is 2.21. The molecule has 5 heteroatoms. The lowest BCUT2D eigenvalue weighted by atomic mass is 10.3. The molecule has 1 fully saturated rings. The van der Waals surface area contributed by atoms with Crippen LogP contribution >= 0.6 is 0 Å². The van der Waals surface area contributed by atoms with Gasteiger partial charge >= 0.3 is 5.97 Å². The maximum absolute atomic E-state index is 11.2. The fourth-order valence-electron chi connectivity index (χ4n) is 2.13. The van der Waals surface area contributed by atoms with Crippen LogP contribution in [0.15, 0.2) is 6.07 Å². The number of aryl methyl sites for hydroxylation is 1. The third-order valence-corrected chi connectivity index (χ3v) is 3.23. The molecule has 1 atom stereocenters. The number of hydrogen-bond donors (Lipinski definition) is 2. The summed E-state index contributed by atoms with van der Waals surface area (Å²) in [6.07, 6.45) is 0.0485. The van der Waals surface area contributed by atoms with Crippen LogP contribution in [0.2, 0.25) is 0 Å². The van der Waals surface area contributed by atoms with Crippen molar-refractivity contribution in [3.05, 3.63) is 23.0 Å². The molecule has 0 amide bonds. The molecule has 0 aliphatic carbocycles. The van der Waals surface area contributed by atoms with Crippen molar-refractivity contribution in [1.29, 1.82) is 0 Å². The van der Waals surface area contributed by atoms with Crippen LogP contribution in [-0.4, -0.2) is 41.4 Å². The van der Waals surface area contributed by atoms with Gasteiger partial charge in [0, 0.05) is 18.8 Å². The van der Waals surface area contributed by atoms with Gasteiger partial charge in [0.1, 0.15) is 5.69 Å². The highest BCUT2D eigenvalue weighted by Crippen LogP contribution is 2.16. The van der Waals surface area contributed by atoms with E-state index in [4.69, 9.17) is 9.84 Å². The van der Waals surface area contributed by atoms with Gasteiger partial charge in [0.15, 0.2) is 0 Å². The number of aromatic carboxylic acids is 1. The molecule has 0 spiro atoms. The third kappa shape index (κ3) is 2.50. The maximum Gasteiger partial charge on any atom is 0.352 e. The first-order valence-electron chi connectivity index (χ1n) is 5.82. The zero-order valence-corrected chi connectivity index (χ0v) is 10.2. The molecule has 0 bridgehead atoms. The van der Waals surface area contributed by atoms with Crippen molar-refractivity contribution in [2.24, 2.45) is 0 Å².